The molecule has 0 bridgehead atoms. The lowest BCUT2D eigenvalue weighted by Crippen LogP contribution is -2.48. The Kier molecular flexibility index (Phi) is 4.82. The number of likely N-dealkylation sites (tertiary alicyclic amines) is 1. The number of hydrogen-bond donors (Lipinski definition) is 1. The summed E-state index contributed by atoms with van der Waals surface area (Å²) in [5.41, 5.74) is 3.42. The molecule has 3 heterocycles. The third-order valence-electron chi connectivity index (χ3n) is 6.85. The molecule has 0 spiro atoms. The van der Waals surface area contributed by atoms with Crippen LogP contribution in [0, 0.1) is 0 Å². The van der Waals surface area contributed by atoms with E-state index in [0.29, 0.717) is 18.3 Å². The molecule has 1 N–H and O–H groups in total. The van der Waals surface area contributed by atoms with Crippen LogP contribution in [0.5, 0.6) is 11.5 Å². The number of fused-ring (bicyclic) bond motifs is 4. The van der Waals surface area contributed by atoms with Crippen LogP contribution in [0.25, 0.3) is 0 Å². The number of carbonyl (C=O) groups excluding carboxylic acids is 1. The lowest BCUT2D eigenvalue weighted by Gasteiger charge is -2.38. The van der Waals surface area contributed by atoms with E-state index in [1.165, 1.54) is 11.1 Å². The molecule has 2 atom stereocenters. The predicted octanol–water partition coefficient (Wildman–Crippen LogP) is 3.74. The molecule has 2 saturated heterocycles. The molecule has 0 saturated carbocycles. The summed E-state index contributed by atoms with van der Waals surface area (Å²) in [5, 5.41) is 4.01. The summed E-state index contributed by atoms with van der Waals surface area (Å²) in [4.78, 5) is 16.9. The number of amides is 1. The first-order valence-corrected chi connectivity index (χ1v) is 11.6. The fourth-order valence-corrected chi connectivity index (χ4v) is 5.62. The predicted molar refractivity (Wildman–Crippen MR) is 123 cm³/mol. The van der Waals surface area contributed by atoms with E-state index in [4.69, 9.17) is 26.4 Å². The highest BCUT2D eigenvalue weighted by molar-refractivity contribution is 7.80. The molecule has 4 aliphatic rings. The van der Waals surface area contributed by atoms with Crippen LogP contribution in [0.4, 0.5) is 10.5 Å². The molecule has 2 fully saturated rings. The maximum atomic E-state index is 12.7. The van der Waals surface area contributed by atoms with Gasteiger partial charge in [-0.05, 0) is 48.3 Å². The molecule has 166 valence electrons. The van der Waals surface area contributed by atoms with E-state index in [9.17, 15) is 4.79 Å². The zero-order valence-corrected chi connectivity index (χ0v) is 18.5. The molecule has 0 radical (unpaired) electrons. The van der Waals surface area contributed by atoms with Crippen LogP contribution < -0.4 is 14.8 Å². The summed E-state index contributed by atoms with van der Waals surface area (Å²) >= 11 is 5.67. The van der Waals surface area contributed by atoms with E-state index >= 15 is 0 Å². The van der Waals surface area contributed by atoms with Crippen molar-refractivity contribution in [2.45, 2.75) is 37.5 Å². The van der Waals surface area contributed by atoms with Crippen molar-refractivity contribution in [1.82, 2.24) is 9.80 Å². The number of carbonyl (C=O) groups is 1. The van der Waals surface area contributed by atoms with Crippen LogP contribution in [-0.2, 0) is 11.2 Å². The minimum absolute atomic E-state index is 0.0399. The molecule has 3 aliphatic heterocycles. The smallest absolute Gasteiger partial charge is 0.411 e. The third kappa shape index (κ3) is 3.33. The van der Waals surface area contributed by atoms with E-state index in [0.717, 1.165) is 49.5 Å². The number of benzene rings is 2. The Morgan fingerprint density at radius 3 is 2.66 bits per heavy atom. The van der Waals surface area contributed by atoms with Crippen molar-refractivity contribution in [2.24, 2.45) is 0 Å². The summed E-state index contributed by atoms with van der Waals surface area (Å²) in [6.07, 6.45) is 2.30. The molecule has 6 rings (SSSR count). The van der Waals surface area contributed by atoms with Crippen LogP contribution in [0.2, 0.25) is 0 Å². The lowest BCUT2D eigenvalue weighted by molar-refractivity contribution is 0.118. The van der Waals surface area contributed by atoms with Crippen LogP contribution >= 0.6 is 12.2 Å². The van der Waals surface area contributed by atoms with Gasteiger partial charge in [0, 0.05) is 37.3 Å². The van der Waals surface area contributed by atoms with E-state index in [1.54, 1.807) is 0 Å². The summed E-state index contributed by atoms with van der Waals surface area (Å²) in [6, 6.07) is 14.4. The molecular weight excluding hydrogens is 426 g/mol. The molecule has 2 aromatic carbocycles. The Labute approximate surface area is 192 Å². The van der Waals surface area contributed by atoms with Crippen molar-refractivity contribution in [3.63, 3.8) is 0 Å². The molecule has 0 aromatic heterocycles. The number of ether oxygens (including phenoxy) is 3. The lowest BCUT2D eigenvalue weighted by atomic mass is 9.99. The Balaban J connectivity index is 1.10. The minimum Gasteiger partial charge on any atom is -0.486 e. The molecule has 7 nitrogen and oxygen atoms in total. The molecular formula is C24H25N3O4S. The number of thiocarbonyl (C=S) groups is 1. The van der Waals surface area contributed by atoms with Crippen molar-refractivity contribution < 1.29 is 19.0 Å². The van der Waals surface area contributed by atoms with Crippen LogP contribution in [0.15, 0.2) is 42.5 Å². The second-order valence-electron chi connectivity index (χ2n) is 8.68. The average Bonchev–Trinajstić information content (AvgIpc) is 3.33. The number of anilines is 1. The fraction of sp³-hybridized carbons (Fsp3) is 0.417. The molecule has 8 heteroatoms. The highest BCUT2D eigenvalue weighted by Gasteiger charge is 2.50. The summed E-state index contributed by atoms with van der Waals surface area (Å²) in [6.45, 7) is 2.72. The molecule has 32 heavy (non-hydrogen) atoms. The van der Waals surface area contributed by atoms with Gasteiger partial charge in [0.15, 0.2) is 16.6 Å². The highest BCUT2D eigenvalue weighted by Crippen LogP contribution is 2.44. The Bertz CT molecular complexity index is 1070. The number of nitrogens with one attached hydrogen (secondary N) is 1. The van der Waals surface area contributed by atoms with Gasteiger partial charge in [-0.25, -0.2) is 4.79 Å². The molecule has 1 aliphatic carbocycles. The van der Waals surface area contributed by atoms with Crippen LogP contribution in [0.1, 0.15) is 30.0 Å². The van der Waals surface area contributed by atoms with E-state index in [-0.39, 0.29) is 24.3 Å². The van der Waals surface area contributed by atoms with Crippen molar-refractivity contribution in [1.29, 1.82) is 0 Å². The second kappa shape index (κ2) is 7.85. The normalized spacial score (nSPS) is 24.1. The SMILES string of the molecule is O=C1OC2Cc3ccccc3C2N1C1CCN(C(=S)Nc2ccc3c(c2)OCCO3)CC1. The molecule has 2 aromatic rings. The van der Waals surface area contributed by atoms with Gasteiger partial charge in [-0.3, -0.25) is 4.90 Å². The first-order valence-electron chi connectivity index (χ1n) is 11.2. The Morgan fingerprint density at radius 2 is 1.81 bits per heavy atom. The minimum atomic E-state index is -0.176. The summed E-state index contributed by atoms with van der Waals surface area (Å²) in [5.74, 6) is 1.50. The van der Waals surface area contributed by atoms with Crippen molar-refractivity contribution in [2.75, 3.05) is 31.6 Å². The zero-order valence-electron chi connectivity index (χ0n) is 17.7. The monoisotopic (exact) mass is 451 g/mol. The van der Waals surface area contributed by atoms with Gasteiger partial charge in [0.05, 0.1) is 6.04 Å². The van der Waals surface area contributed by atoms with Gasteiger partial charge in [0.25, 0.3) is 0 Å². The van der Waals surface area contributed by atoms with Crippen LogP contribution in [-0.4, -0.2) is 59.5 Å². The maximum absolute atomic E-state index is 12.7. The number of piperidine rings is 1. The first-order chi connectivity index (χ1) is 15.7. The van der Waals surface area contributed by atoms with Gasteiger partial charge in [-0.2, -0.15) is 0 Å². The van der Waals surface area contributed by atoms with Gasteiger partial charge in [-0.15, -0.1) is 0 Å². The molecule has 2 unspecified atom stereocenters. The van der Waals surface area contributed by atoms with Crippen molar-refractivity contribution >= 4 is 29.1 Å². The number of rotatable bonds is 2. The van der Waals surface area contributed by atoms with E-state index < -0.39 is 0 Å². The van der Waals surface area contributed by atoms with Crippen LogP contribution in [0.3, 0.4) is 0 Å². The zero-order chi connectivity index (χ0) is 21.7. The van der Waals surface area contributed by atoms with E-state index in [1.807, 2.05) is 29.2 Å². The standard InChI is InChI=1S/C24H25N3O4S/c28-24-27(22-18-4-2-1-3-15(18)13-21(22)31-24)17-7-9-26(10-8-17)23(32)25-16-5-6-19-20(14-16)30-12-11-29-19/h1-6,14,17,21-22H,7-13H2,(H,25,32). The first kappa shape index (κ1) is 19.7. The highest BCUT2D eigenvalue weighted by atomic mass is 32.1. The molecule has 1 amide bonds. The van der Waals surface area contributed by atoms with Gasteiger partial charge in [0.2, 0.25) is 0 Å². The topological polar surface area (TPSA) is 63.3 Å². The Morgan fingerprint density at radius 1 is 1.03 bits per heavy atom. The van der Waals surface area contributed by atoms with Gasteiger partial charge in [-0.1, -0.05) is 24.3 Å². The quantitative estimate of drug-likeness (QED) is 0.698. The maximum Gasteiger partial charge on any atom is 0.411 e. The largest absolute Gasteiger partial charge is 0.486 e. The van der Waals surface area contributed by atoms with Gasteiger partial charge >= 0.3 is 6.09 Å². The Hall–Kier alpha value is -3.00. The van der Waals surface area contributed by atoms with Crippen molar-refractivity contribution in [3.8, 4) is 11.5 Å². The average molecular weight is 452 g/mol. The van der Waals surface area contributed by atoms with Gasteiger partial charge < -0.3 is 24.4 Å². The summed E-state index contributed by atoms with van der Waals surface area (Å²) < 4.78 is 17.0. The number of hydrogen-bond acceptors (Lipinski definition) is 5. The van der Waals surface area contributed by atoms with Gasteiger partial charge in [0.1, 0.15) is 19.3 Å². The number of nitrogens with zero attached hydrogens (tertiary/aromatic N) is 2. The van der Waals surface area contributed by atoms with Crippen molar-refractivity contribution in [3.05, 3.63) is 53.6 Å². The summed E-state index contributed by atoms with van der Waals surface area (Å²) in [7, 11) is 0. The third-order valence-corrected chi connectivity index (χ3v) is 7.21. The second-order valence-corrected chi connectivity index (χ2v) is 9.07. The van der Waals surface area contributed by atoms with E-state index in [2.05, 4.69) is 28.4 Å². The fourth-order valence-electron chi connectivity index (χ4n) is 5.32.